The number of rotatable bonds is 2. The zero-order chi connectivity index (χ0) is 14.9. The molecule has 2 rings (SSSR count). The van der Waals surface area contributed by atoms with Crippen molar-refractivity contribution in [2.45, 2.75) is 19.8 Å². The summed E-state index contributed by atoms with van der Waals surface area (Å²) in [7, 11) is 0. The van der Waals surface area contributed by atoms with Crippen molar-refractivity contribution in [2.75, 3.05) is 0 Å². The van der Waals surface area contributed by atoms with E-state index in [1.54, 1.807) is 25.1 Å². The first-order valence-corrected chi connectivity index (χ1v) is 6.38. The maximum atomic E-state index is 11.9. The topological polar surface area (TPSA) is 76.1 Å². The molecule has 2 N–H and O–H groups in total. The highest BCUT2D eigenvalue weighted by Gasteiger charge is 2.33. The van der Waals surface area contributed by atoms with Crippen LogP contribution in [0.2, 0.25) is 5.02 Å². The summed E-state index contributed by atoms with van der Waals surface area (Å²) in [6, 6.07) is 9.06. The minimum Gasteiger partial charge on any atom is -0.445 e. The average molecular weight is 289 g/mol. The molecule has 0 fully saturated rings. The van der Waals surface area contributed by atoms with Gasteiger partial charge in [0.25, 0.3) is 0 Å². The van der Waals surface area contributed by atoms with Gasteiger partial charge in [0.2, 0.25) is 5.88 Å². The molecule has 102 valence electrons. The van der Waals surface area contributed by atoms with Gasteiger partial charge >= 0.3 is 0 Å². The molecule has 1 aromatic rings. The van der Waals surface area contributed by atoms with E-state index in [4.69, 9.17) is 22.1 Å². The Morgan fingerprint density at radius 1 is 1.50 bits per heavy atom. The molecule has 0 spiro atoms. The minimum atomic E-state index is -0.537. The highest BCUT2D eigenvalue weighted by Crippen LogP contribution is 2.39. The highest BCUT2D eigenvalue weighted by molar-refractivity contribution is 6.30. The van der Waals surface area contributed by atoms with E-state index in [0.717, 1.165) is 5.56 Å². The summed E-state index contributed by atoms with van der Waals surface area (Å²) >= 11 is 5.99. The smallest absolute Gasteiger partial charge is 0.205 e. The van der Waals surface area contributed by atoms with Gasteiger partial charge in [-0.2, -0.15) is 5.26 Å². The number of carbonyl (C=O) groups is 1. The molecule has 4 nitrogen and oxygen atoms in total. The van der Waals surface area contributed by atoms with Gasteiger partial charge in [0.1, 0.15) is 17.4 Å². The highest BCUT2D eigenvalue weighted by atomic mass is 35.5. The molecule has 1 unspecified atom stereocenters. The largest absolute Gasteiger partial charge is 0.445 e. The summed E-state index contributed by atoms with van der Waals surface area (Å²) in [5, 5.41) is 9.85. The molecule has 1 aromatic carbocycles. The predicted octanol–water partition coefficient (Wildman–Crippen LogP) is 3.01. The van der Waals surface area contributed by atoms with Gasteiger partial charge in [0.05, 0.1) is 5.92 Å². The number of nitriles is 1. The van der Waals surface area contributed by atoms with E-state index in [9.17, 15) is 10.1 Å². The van der Waals surface area contributed by atoms with Crippen molar-refractivity contribution in [1.82, 2.24) is 0 Å². The lowest BCUT2D eigenvalue weighted by Crippen LogP contribution is -2.23. The summed E-state index contributed by atoms with van der Waals surface area (Å²) in [6.07, 6.45) is 0. The van der Waals surface area contributed by atoms with E-state index in [-0.39, 0.29) is 17.2 Å². The third-order valence-corrected chi connectivity index (χ3v) is 3.40. The fourth-order valence-corrected chi connectivity index (χ4v) is 2.55. The average Bonchev–Trinajstić information content (AvgIpc) is 2.37. The lowest BCUT2D eigenvalue weighted by molar-refractivity contribution is -0.114. The van der Waals surface area contributed by atoms with Gasteiger partial charge in [0.15, 0.2) is 5.78 Å². The molecule has 1 atom stereocenters. The Morgan fingerprint density at radius 2 is 2.20 bits per heavy atom. The first-order valence-electron chi connectivity index (χ1n) is 6.00. The predicted molar refractivity (Wildman–Crippen MR) is 75.5 cm³/mol. The maximum Gasteiger partial charge on any atom is 0.205 e. The molecule has 0 bridgehead atoms. The van der Waals surface area contributed by atoms with Gasteiger partial charge in [-0.05, 0) is 31.5 Å². The van der Waals surface area contributed by atoms with E-state index < -0.39 is 5.92 Å². The van der Waals surface area contributed by atoms with Crippen molar-refractivity contribution in [3.05, 3.63) is 57.6 Å². The quantitative estimate of drug-likeness (QED) is 0.907. The van der Waals surface area contributed by atoms with Gasteiger partial charge in [-0.25, -0.2) is 0 Å². The van der Waals surface area contributed by atoms with Crippen molar-refractivity contribution in [3.63, 3.8) is 0 Å². The Labute approximate surface area is 122 Å². The number of nitrogens with zero attached hydrogens (tertiary/aromatic N) is 1. The Balaban J connectivity index is 2.67. The number of hydrogen-bond donors (Lipinski definition) is 1. The zero-order valence-corrected chi connectivity index (χ0v) is 11.9. The maximum absolute atomic E-state index is 11.9. The first-order chi connectivity index (χ1) is 9.45. The molecule has 1 aliphatic rings. The third kappa shape index (κ3) is 2.40. The molecular weight excluding hydrogens is 276 g/mol. The van der Waals surface area contributed by atoms with Crippen molar-refractivity contribution >= 4 is 17.4 Å². The lowest BCUT2D eigenvalue weighted by atomic mass is 9.81. The standard InChI is InChI=1S/C15H13ClN2O2/c1-8(19)13-9(2)20-15(18)12(7-17)14(13)10-4-3-5-11(16)6-10/h3-6,14H,18H2,1-2H3. The number of Topliss-reactive ketones (excluding diaryl/α,β-unsaturated/α-hetero) is 1. The van der Waals surface area contributed by atoms with Gasteiger partial charge in [-0.3, -0.25) is 4.79 Å². The van der Waals surface area contributed by atoms with Crippen LogP contribution in [0.5, 0.6) is 0 Å². The van der Waals surface area contributed by atoms with Crippen LogP contribution < -0.4 is 5.73 Å². The molecule has 5 heteroatoms. The number of ketones is 1. The van der Waals surface area contributed by atoms with Crippen molar-refractivity contribution < 1.29 is 9.53 Å². The molecule has 0 amide bonds. The SMILES string of the molecule is CC(=O)C1=C(C)OC(N)=C(C#N)C1c1cccc(Cl)c1. The number of halogens is 1. The second-order valence-corrected chi connectivity index (χ2v) is 4.94. The van der Waals surface area contributed by atoms with E-state index >= 15 is 0 Å². The van der Waals surface area contributed by atoms with E-state index in [0.29, 0.717) is 16.4 Å². The van der Waals surface area contributed by atoms with Gasteiger partial charge in [-0.1, -0.05) is 23.7 Å². The van der Waals surface area contributed by atoms with Crippen LogP contribution in [0.1, 0.15) is 25.3 Å². The van der Waals surface area contributed by atoms with Gasteiger partial charge in [-0.15, -0.1) is 0 Å². The monoisotopic (exact) mass is 288 g/mol. The first kappa shape index (κ1) is 14.2. The number of hydrogen-bond acceptors (Lipinski definition) is 4. The van der Waals surface area contributed by atoms with Gasteiger partial charge < -0.3 is 10.5 Å². The Kier molecular flexibility index (Phi) is 3.82. The number of nitrogens with two attached hydrogens (primary N) is 1. The fraction of sp³-hybridized carbons (Fsp3) is 0.200. The van der Waals surface area contributed by atoms with Crippen molar-refractivity contribution in [2.24, 2.45) is 5.73 Å². The van der Waals surface area contributed by atoms with E-state index in [1.165, 1.54) is 6.92 Å². The number of benzene rings is 1. The van der Waals surface area contributed by atoms with Crippen LogP contribution in [-0.2, 0) is 9.53 Å². The normalized spacial score (nSPS) is 18.6. The van der Waals surface area contributed by atoms with Crippen LogP contribution in [0.4, 0.5) is 0 Å². The van der Waals surface area contributed by atoms with Crippen LogP contribution in [-0.4, -0.2) is 5.78 Å². The van der Waals surface area contributed by atoms with Crippen molar-refractivity contribution in [1.29, 1.82) is 5.26 Å². The zero-order valence-electron chi connectivity index (χ0n) is 11.1. The minimum absolute atomic E-state index is 0.0278. The molecule has 0 aromatic heterocycles. The van der Waals surface area contributed by atoms with Crippen molar-refractivity contribution in [3.8, 4) is 6.07 Å². The summed E-state index contributed by atoms with van der Waals surface area (Å²) in [5.41, 5.74) is 7.16. The Hall–Kier alpha value is -2.25. The second kappa shape index (κ2) is 5.40. The molecule has 1 heterocycles. The van der Waals surface area contributed by atoms with Gasteiger partial charge in [0, 0.05) is 10.6 Å². The Bertz CT molecular complexity index is 683. The molecule has 0 radical (unpaired) electrons. The number of carbonyl (C=O) groups excluding carboxylic acids is 1. The lowest BCUT2D eigenvalue weighted by Gasteiger charge is -2.26. The molecule has 0 saturated carbocycles. The van der Waals surface area contributed by atoms with Crippen LogP contribution in [0.15, 0.2) is 47.1 Å². The molecular formula is C15H13ClN2O2. The Morgan fingerprint density at radius 3 is 2.75 bits per heavy atom. The van der Waals surface area contributed by atoms with Crippen LogP contribution in [0.3, 0.4) is 0 Å². The fourth-order valence-electron chi connectivity index (χ4n) is 2.36. The number of allylic oxidation sites excluding steroid dienone is 3. The van der Waals surface area contributed by atoms with Crippen LogP contribution in [0, 0.1) is 11.3 Å². The third-order valence-electron chi connectivity index (χ3n) is 3.17. The molecule has 0 saturated heterocycles. The summed E-state index contributed by atoms with van der Waals surface area (Å²) in [4.78, 5) is 11.9. The van der Waals surface area contributed by atoms with Crippen LogP contribution in [0.25, 0.3) is 0 Å². The molecule has 0 aliphatic carbocycles. The van der Waals surface area contributed by atoms with E-state index in [1.807, 2.05) is 12.1 Å². The summed E-state index contributed by atoms with van der Waals surface area (Å²) in [5.74, 6) is -0.253. The second-order valence-electron chi connectivity index (χ2n) is 4.51. The van der Waals surface area contributed by atoms with E-state index in [2.05, 4.69) is 0 Å². The molecule has 20 heavy (non-hydrogen) atoms. The summed E-state index contributed by atoms with van der Waals surface area (Å²) < 4.78 is 5.31. The molecule has 1 aliphatic heterocycles. The number of ether oxygens (including phenoxy) is 1. The summed E-state index contributed by atoms with van der Waals surface area (Å²) in [6.45, 7) is 3.10. The van der Waals surface area contributed by atoms with Crippen LogP contribution >= 0.6 is 11.6 Å².